The maximum Gasteiger partial charge on any atom is 0.255 e. The van der Waals surface area contributed by atoms with Crippen LogP contribution in [-0.2, 0) is 0 Å². The number of halogens is 5. The van der Waals surface area contributed by atoms with Crippen LogP contribution in [0, 0.1) is 11.6 Å². The van der Waals surface area contributed by atoms with Crippen LogP contribution in [0.2, 0.25) is 15.2 Å². The van der Waals surface area contributed by atoms with Gasteiger partial charge in [0.25, 0.3) is 5.56 Å². The van der Waals surface area contributed by atoms with E-state index in [0.29, 0.717) is 10.9 Å². The summed E-state index contributed by atoms with van der Waals surface area (Å²) in [5, 5.41) is 0.952. The Morgan fingerprint density at radius 1 is 0.893 bits per heavy atom. The van der Waals surface area contributed by atoms with E-state index in [9.17, 15) is 13.6 Å². The minimum atomic E-state index is -0.801. The number of rotatable bonds is 2. The van der Waals surface area contributed by atoms with Crippen LogP contribution < -0.4 is 5.56 Å². The first kappa shape index (κ1) is 18.9. The molecule has 0 spiro atoms. The van der Waals surface area contributed by atoms with Crippen molar-refractivity contribution in [2.75, 3.05) is 0 Å². The van der Waals surface area contributed by atoms with Gasteiger partial charge >= 0.3 is 0 Å². The van der Waals surface area contributed by atoms with Gasteiger partial charge in [0.1, 0.15) is 16.8 Å². The Morgan fingerprint density at radius 3 is 2.29 bits per heavy atom. The van der Waals surface area contributed by atoms with Crippen molar-refractivity contribution >= 4 is 45.7 Å². The maximum absolute atomic E-state index is 14.4. The monoisotopic (exact) mass is 436 g/mol. The summed E-state index contributed by atoms with van der Waals surface area (Å²) < 4.78 is 29.0. The molecular formula is C20H9Cl3F2N2O. The van der Waals surface area contributed by atoms with E-state index in [1.807, 2.05) is 0 Å². The highest BCUT2D eigenvalue weighted by molar-refractivity contribution is 6.38. The third-order valence-electron chi connectivity index (χ3n) is 4.21. The molecule has 0 saturated heterocycles. The number of aromatic nitrogens is 2. The molecule has 2 heterocycles. The van der Waals surface area contributed by atoms with E-state index < -0.39 is 17.2 Å². The van der Waals surface area contributed by atoms with Gasteiger partial charge in [-0.05, 0) is 30.3 Å². The number of pyridine rings is 2. The number of hydrogen-bond donors (Lipinski definition) is 0. The Kier molecular flexibility index (Phi) is 4.83. The van der Waals surface area contributed by atoms with Gasteiger partial charge in [0.05, 0.1) is 26.9 Å². The van der Waals surface area contributed by atoms with Crippen LogP contribution in [0.1, 0.15) is 0 Å². The maximum atomic E-state index is 14.4. The molecular weight excluding hydrogens is 429 g/mol. The summed E-state index contributed by atoms with van der Waals surface area (Å²) in [4.78, 5) is 16.9. The smallest absolute Gasteiger partial charge is 0.255 e. The summed E-state index contributed by atoms with van der Waals surface area (Å²) in [5.41, 5.74) is 0.409. The molecule has 0 N–H and O–H groups in total. The number of hydrogen-bond acceptors (Lipinski definition) is 2. The van der Waals surface area contributed by atoms with E-state index >= 15 is 0 Å². The molecule has 0 radical (unpaired) electrons. The van der Waals surface area contributed by atoms with Crippen molar-refractivity contribution in [3.63, 3.8) is 0 Å². The Morgan fingerprint density at radius 2 is 1.61 bits per heavy atom. The lowest BCUT2D eigenvalue weighted by Crippen LogP contribution is -2.18. The molecule has 8 heteroatoms. The fraction of sp³-hybridized carbons (Fsp3) is 0. The van der Waals surface area contributed by atoms with Crippen molar-refractivity contribution in [1.82, 2.24) is 9.55 Å². The van der Waals surface area contributed by atoms with Crippen LogP contribution in [0.15, 0.2) is 59.4 Å². The molecule has 28 heavy (non-hydrogen) atoms. The molecule has 2 aromatic carbocycles. The fourth-order valence-electron chi connectivity index (χ4n) is 3.03. The standard InChI is InChI=1S/C20H9Cl3F2N2O/c21-13-2-1-3-14(22)20(13)27-16-9-17(23)26-19(12(16)6-7-18(27)28)11-5-4-10(24)8-15(11)25/h1-9H. The highest BCUT2D eigenvalue weighted by atomic mass is 35.5. The minimum Gasteiger partial charge on any atom is -0.274 e. The minimum absolute atomic E-state index is 0.0220. The van der Waals surface area contributed by atoms with Crippen LogP contribution in [-0.4, -0.2) is 9.55 Å². The fourth-order valence-corrected chi connectivity index (χ4v) is 3.78. The summed E-state index contributed by atoms with van der Waals surface area (Å²) in [5.74, 6) is -1.52. The number of nitrogens with zero attached hydrogens (tertiary/aromatic N) is 2. The van der Waals surface area contributed by atoms with Gasteiger partial charge in [-0.3, -0.25) is 9.36 Å². The average Bonchev–Trinajstić information content (AvgIpc) is 2.62. The number of benzene rings is 2. The molecule has 0 unspecified atom stereocenters. The Labute approximate surface area is 172 Å². The molecule has 3 nitrogen and oxygen atoms in total. The van der Waals surface area contributed by atoms with Gasteiger partial charge in [-0.1, -0.05) is 40.9 Å². The lowest BCUT2D eigenvalue weighted by molar-refractivity contribution is 0.585. The zero-order valence-corrected chi connectivity index (χ0v) is 16.2. The van der Waals surface area contributed by atoms with Crippen LogP contribution in [0.4, 0.5) is 8.78 Å². The highest BCUT2D eigenvalue weighted by Crippen LogP contribution is 2.34. The molecule has 4 rings (SSSR count). The van der Waals surface area contributed by atoms with Crippen LogP contribution in [0.3, 0.4) is 0 Å². The summed E-state index contributed by atoms with van der Waals surface area (Å²) in [6.07, 6.45) is 0. The summed E-state index contributed by atoms with van der Waals surface area (Å²) in [7, 11) is 0. The van der Waals surface area contributed by atoms with Crippen LogP contribution in [0.25, 0.3) is 27.8 Å². The van der Waals surface area contributed by atoms with Crippen molar-refractivity contribution in [2.45, 2.75) is 0 Å². The SMILES string of the molecule is O=c1ccc2c(-c3ccc(F)cc3F)nc(Cl)cc2n1-c1c(Cl)cccc1Cl. The third kappa shape index (κ3) is 3.15. The predicted octanol–water partition coefficient (Wildman–Crippen LogP) is 6.29. The van der Waals surface area contributed by atoms with Crippen molar-refractivity contribution in [3.8, 4) is 16.9 Å². The highest BCUT2D eigenvalue weighted by Gasteiger charge is 2.18. The van der Waals surface area contributed by atoms with Crippen molar-refractivity contribution in [3.05, 3.63) is 91.8 Å². The normalized spacial score (nSPS) is 11.2. The van der Waals surface area contributed by atoms with Crippen LogP contribution >= 0.6 is 34.8 Å². The van der Waals surface area contributed by atoms with E-state index in [-0.39, 0.29) is 32.1 Å². The van der Waals surface area contributed by atoms with E-state index in [0.717, 1.165) is 12.1 Å². The average molecular weight is 438 g/mol. The first-order valence-corrected chi connectivity index (χ1v) is 9.12. The molecule has 0 aliphatic heterocycles. The first-order valence-electron chi connectivity index (χ1n) is 7.99. The Balaban J connectivity index is 2.14. The zero-order valence-electron chi connectivity index (χ0n) is 13.9. The second kappa shape index (κ2) is 7.17. The van der Waals surface area contributed by atoms with E-state index in [2.05, 4.69) is 4.98 Å². The van der Waals surface area contributed by atoms with Gasteiger partial charge < -0.3 is 0 Å². The summed E-state index contributed by atoms with van der Waals surface area (Å²) in [6.45, 7) is 0. The Bertz CT molecular complexity index is 1280. The van der Waals surface area contributed by atoms with E-state index in [1.165, 1.54) is 28.8 Å². The molecule has 0 amide bonds. The van der Waals surface area contributed by atoms with Gasteiger partial charge in [-0.15, -0.1) is 0 Å². The summed E-state index contributed by atoms with van der Waals surface area (Å²) in [6, 6.07) is 12.2. The van der Waals surface area contributed by atoms with Crippen molar-refractivity contribution in [1.29, 1.82) is 0 Å². The molecule has 2 aromatic heterocycles. The van der Waals surface area contributed by atoms with E-state index in [4.69, 9.17) is 34.8 Å². The second-order valence-corrected chi connectivity index (χ2v) is 7.13. The lowest BCUT2D eigenvalue weighted by atomic mass is 10.1. The molecule has 0 fully saturated rings. The van der Waals surface area contributed by atoms with E-state index in [1.54, 1.807) is 18.2 Å². The molecule has 4 aromatic rings. The quantitative estimate of drug-likeness (QED) is 0.345. The van der Waals surface area contributed by atoms with Gasteiger partial charge in [-0.25, -0.2) is 13.8 Å². The van der Waals surface area contributed by atoms with Gasteiger partial charge in [0, 0.05) is 29.1 Å². The van der Waals surface area contributed by atoms with Gasteiger partial charge in [0.15, 0.2) is 0 Å². The van der Waals surface area contributed by atoms with Gasteiger partial charge in [0.2, 0.25) is 0 Å². The molecule has 0 bridgehead atoms. The lowest BCUT2D eigenvalue weighted by Gasteiger charge is -2.15. The summed E-state index contributed by atoms with van der Waals surface area (Å²) >= 11 is 18.7. The van der Waals surface area contributed by atoms with Crippen molar-refractivity contribution in [2.24, 2.45) is 0 Å². The molecule has 0 saturated carbocycles. The Hall–Kier alpha value is -2.47. The number of para-hydroxylation sites is 1. The molecule has 0 aliphatic rings. The molecule has 0 aliphatic carbocycles. The first-order chi connectivity index (χ1) is 13.4. The molecule has 140 valence electrons. The molecule has 0 atom stereocenters. The van der Waals surface area contributed by atoms with Gasteiger partial charge in [-0.2, -0.15) is 0 Å². The predicted molar refractivity (Wildman–Crippen MR) is 108 cm³/mol. The second-order valence-electron chi connectivity index (χ2n) is 5.93. The van der Waals surface area contributed by atoms with Crippen molar-refractivity contribution < 1.29 is 8.78 Å². The zero-order chi connectivity index (χ0) is 20.0. The number of fused-ring (bicyclic) bond motifs is 1. The largest absolute Gasteiger partial charge is 0.274 e. The third-order valence-corrected chi connectivity index (χ3v) is 5.01. The topological polar surface area (TPSA) is 34.9 Å². The van der Waals surface area contributed by atoms with Crippen LogP contribution in [0.5, 0.6) is 0 Å².